The first-order chi connectivity index (χ1) is 9.11. The normalized spacial score (nSPS) is 10.2. The summed E-state index contributed by atoms with van der Waals surface area (Å²) in [5.41, 5.74) is 1.36. The monoisotopic (exact) mass is 281 g/mol. The molecule has 0 radical (unpaired) electrons. The minimum atomic E-state index is -0.941. The molecule has 6 heteroatoms. The van der Waals surface area contributed by atoms with E-state index in [-0.39, 0.29) is 5.75 Å². The van der Waals surface area contributed by atoms with Crippen LogP contribution in [0.4, 0.5) is 10.1 Å². The van der Waals surface area contributed by atoms with Crippen molar-refractivity contribution in [2.24, 2.45) is 0 Å². The Morgan fingerprint density at radius 2 is 2.26 bits per heavy atom. The van der Waals surface area contributed by atoms with Gasteiger partial charge >= 0.3 is 5.97 Å². The van der Waals surface area contributed by atoms with Crippen molar-refractivity contribution in [1.82, 2.24) is 0 Å². The van der Waals surface area contributed by atoms with E-state index in [9.17, 15) is 9.18 Å². The fraction of sp³-hybridized carbons (Fsp3) is 0.154. The zero-order valence-electron chi connectivity index (χ0n) is 10.1. The molecule has 0 aliphatic heterocycles. The van der Waals surface area contributed by atoms with Crippen molar-refractivity contribution in [3.63, 3.8) is 0 Å². The third-order valence-electron chi connectivity index (χ3n) is 2.58. The molecule has 0 aliphatic carbocycles. The molecule has 0 unspecified atom stereocenters. The highest BCUT2D eigenvalue weighted by Gasteiger charge is 2.11. The van der Waals surface area contributed by atoms with Crippen molar-refractivity contribution in [3.05, 3.63) is 45.9 Å². The van der Waals surface area contributed by atoms with Crippen molar-refractivity contribution >= 4 is 23.0 Å². The van der Waals surface area contributed by atoms with Crippen molar-refractivity contribution in [1.29, 1.82) is 0 Å². The van der Waals surface area contributed by atoms with Crippen LogP contribution in [0.5, 0.6) is 5.75 Å². The second-order valence-electron chi connectivity index (χ2n) is 3.78. The topological polar surface area (TPSA) is 58.6 Å². The van der Waals surface area contributed by atoms with E-state index in [1.807, 2.05) is 0 Å². The third kappa shape index (κ3) is 3.03. The van der Waals surface area contributed by atoms with Gasteiger partial charge in [0.1, 0.15) is 4.88 Å². The summed E-state index contributed by atoms with van der Waals surface area (Å²) in [5.74, 6) is -1.23. The van der Waals surface area contributed by atoms with Crippen LogP contribution in [0.1, 0.15) is 15.2 Å². The smallest absolute Gasteiger partial charge is 0.346 e. The van der Waals surface area contributed by atoms with E-state index in [1.165, 1.54) is 30.6 Å². The molecule has 0 saturated heterocycles. The van der Waals surface area contributed by atoms with Gasteiger partial charge in [-0.2, -0.15) is 0 Å². The SMILES string of the molecule is COc1cc(NCc2ccsc2C(=O)O)ccc1F. The molecule has 0 saturated carbocycles. The first kappa shape index (κ1) is 13.4. The lowest BCUT2D eigenvalue weighted by atomic mass is 10.2. The number of carbonyl (C=O) groups is 1. The van der Waals surface area contributed by atoms with E-state index in [2.05, 4.69) is 5.32 Å². The molecule has 0 atom stereocenters. The van der Waals surface area contributed by atoms with Gasteiger partial charge in [0.05, 0.1) is 7.11 Å². The Balaban J connectivity index is 2.10. The van der Waals surface area contributed by atoms with Gasteiger partial charge in [0.15, 0.2) is 11.6 Å². The van der Waals surface area contributed by atoms with Crippen LogP contribution in [0.25, 0.3) is 0 Å². The van der Waals surface area contributed by atoms with Crippen LogP contribution >= 0.6 is 11.3 Å². The van der Waals surface area contributed by atoms with Crippen LogP contribution in [0.3, 0.4) is 0 Å². The Morgan fingerprint density at radius 1 is 1.47 bits per heavy atom. The van der Waals surface area contributed by atoms with Gasteiger partial charge in [0.25, 0.3) is 0 Å². The zero-order valence-corrected chi connectivity index (χ0v) is 11.0. The molecule has 0 fully saturated rings. The molecule has 1 aromatic carbocycles. The average Bonchev–Trinajstić information content (AvgIpc) is 2.86. The number of carboxylic acids is 1. The summed E-state index contributed by atoms with van der Waals surface area (Å²) in [5, 5.41) is 13.8. The van der Waals surface area contributed by atoms with E-state index in [1.54, 1.807) is 17.5 Å². The van der Waals surface area contributed by atoms with Crippen LogP contribution in [-0.2, 0) is 6.54 Å². The van der Waals surface area contributed by atoms with E-state index in [0.29, 0.717) is 22.7 Å². The maximum absolute atomic E-state index is 13.2. The standard InChI is InChI=1S/C13H12FNO3S/c1-18-11-6-9(2-3-10(11)14)15-7-8-4-5-19-12(8)13(16)17/h2-6,15H,7H2,1H3,(H,16,17). The maximum Gasteiger partial charge on any atom is 0.346 e. The number of thiophene rings is 1. The lowest BCUT2D eigenvalue weighted by Crippen LogP contribution is -2.04. The predicted octanol–water partition coefficient (Wildman–Crippen LogP) is 3.21. The second kappa shape index (κ2) is 5.71. The Hall–Kier alpha value is -2.08. The molecule has 2 rings (SSSR count). The number of rotatable bonds is 5. The highest BCUT2D eigenvalue weighted by atomic mass is 32.1. The molecule has 19 heavy (non-hydrogen) atoms. The van der Waals surface area contributed by atoms with Crippen LogP contribution in [0.2, 0.25) is 0 Å². The van der Waals surface area contributed by atoms with Crippen molar-refractivity contribution < 1.29 is 19.0 Å². The fourth-order valence-electron chi connectivity index (χ4n) is 1.63. The van der Waals surface area contributed by atoms with Crippen LogP contribution in [-0.4, -0.2) is 18.2 Å². The summed E-state index contributed by atoms with van der Waals surface area (Å²) in [4.78, 5) is 11.3. The molecule has 0 bridgehead atoms. The number of hydrogen-bond acceptors (Lipinski definition) is 4. The van der Waals surface area contributed by atoms with E-state index in [0.717, 1.165) is 0 Å². The largest absolute Gasteiger partial charge is 0.494 e. The molecule has 0 spiro atoms. The Bertz CT molecular complexity index is 597. The highest BCUT2D eigenvalue weighted by Crippen LogP contribution is 2.23. The van der Waals surface area contributed by atoms with E-state index >= 15 is 0 Å². The number of nitrogens with one attached hydrogen (secondary N) is 1. The van der Waals surface area contributed by atoms with Crippen molar-refractivity contribution in [2.45, 2.75) is 6.54 Å². The molecule has 2 N–H and O–H groups in total. The van der Waals surface area contributed by atoms with Crippen molar-refractivity contribution in [3.8, 4) is 5.75 Å². The first-order valence-electron chi connectivity index (χ1n) is 5.49. The van der Waals surface area contributed by atoms with E-state index < -0.39 is 11.8 Å². The number of methoxy groups -OCH3 is 1. The lowest BCUT2D eigenvalue weighted by molar-refractivity contribution is 0.0701. The number of halogens is 1. The Morgan fingerprint density at radius 3 is 2.95 bits per heavy atom. The summed E-state index contributed by atoms with van der Waals surface area (Å²) < 4.78 is 18.1. The molecule has 4 nitrogen and oxygen atoms in total. The molecule has 0 amide bonds. The summed E-state index contributed by atoms with van der Waals surface area (Å²) in [6.45, 7) is 0.361. The molecule has 0 aliphatic rings. The molecule has 1 heterocycles. The average molecular weight is 281 g/mol. The number of ether oxygens (including phenoxy) is 1. The number of benzene rings is 1. The number of aromatic carboxylic acids is 1. The lowest BCUT2D eigenvalue weighted by Gasteiger charge is -2.08. The summed E-state index contributed by atoms with van der Waals surface area (Å²) in [6, 6.07) is 6.15. The minimum Gasteiger partial charge on any atom is -0.494 e. The van der Waals surface area contributed by atoms with Gasteiger partial charge in [-0.05, 0) is 29.1 Å². The van der Waals surface area contributed by atoms with Gasteiger partial charge in [-0.25, -0.2) is 9.18 Å². The summed E-state index contributed by atoms with van der Waals surface area (Å²) in [6.07, 6.45) is 0. The van der Waals surface area contributed by atoms with Gasteiger partial charge in [-0.3, -0.25) is 0 Å². The third-order valence-corrected chi connectivity index (χ3v) is 3.52. The minimum absolute atomic E-state index is 0.147. The highest BCUT2D eigenvalue weighted by molar-refractivity contribution is 7.12. The number of carboxylic acid groups (broad SMARTS) is 1. The molecular weight excluding hydrogens is 269 g/mol. The van der Waals surface area contributed by atoms with Crippen LogP contribution in [0.15, 0.2) is 29.6 Å². The second-order valence-corrected chi connectivity index (χ2v) is 4.70. The predicted molar refractivity (Wildman–Crippen MR) is 71.6 cm³/mol. The number of anilines is 1. The fourth-order valence-corrected chi connectivity index (χ4v) is 2.39. The quantitative estimate of drug-likeness (QED) is 0.883. The van der Waals surface area contributed by atoms with Crippen LogP contribution < -0.4 is 10.1 Å². The molecular formula is C13H12FNO3S. The Kier molecular flexibility index (Phi) is 4.01. The zero-order chi connectivity index (χ0) is 13.8. The van der Waals surface area contributed by atoms with Gasteiger partial charge in [-0.15, -0.1) is 11.3 Å². The number of hydrogen-bond donors (Lipinski definition) is 2. The first-order valence-corrected chi connectivity index (χ1v) is 6.37. The van der Waals surface area contributed by atoms with Gasteiger partial charge in [0, 0.05) is 18.3 Å². The molecule has 100 valence electrons. The molecule has 1 aromatic heterocycles. The van der Waals surface area contributed by atoms with E-state index in [4.69, 9.17) is 9.84 Å². The van der Waals surface area contributed by atoms with Gasteiger partial charge in [-0.1, -0.05) is 0 Å². The van der Waals surface area contributed by atoms with Crippen molar-refractivity contribution in [2.75, 3.05) is 12.4 Å². The van der Waals surface area contributed by atoms with Gasteiger partial charge < -0.3 is 15.2 Å². The maximum atomic E-state index is 13.2. The summed E-state index contributed by atoms with van der Waals surface area (Å²) in [7, 11) is 1.39. The molecule has 2 aromatic rings. The van der Waals surface area contributed by atoms with Crippen LogP contribution in [0, 0.1) is 5.82 Å². The van der Waals surface area contributed by atoms with Gasteiger partial charge in [0.2, 0.25) is 0 Å². The Labute approximate surface area is 113 Å². The summed E-state index contributed by atoms with van der Waals surface area (Å²) >= 11 is 1.18.